The first-order valence-electron chi connectivity index (χ1n) is 14.6. The van der Waals surface area contributed by atoms with Gasteiger partial charge in [-0.1, -0.05) is 0 Å². The molecule has 236 valence electrons. The molecule has 0 spiro atoms. The van der Waals surface area contributed by atoms with E-state index in [-0.39, 0.29) is 0 Å². The summed E-state index contributed by atoms with van der Waals surface area (Å²) in [5.41, 5.74) is -1.30. The van der Waals surface area contributed by atoms with E-state index in [0.717, 1.165) is 0 Å². The van der Waals surface area contributed by atoms with E-state index < -0.39 is 76.2 Å². The van der Waals surface area contributed by atoms with E-state index in [0.29, 0.717) is 11.4 Å². The number of aromatic nitrogens is 1. The third-order valence-electron chi connectivity index (χ3n) is 9.09. The number of benzene rings is 1. The van der Waals surface area contributed by atoms with Crippen LogP contribution in [-0.4, -0.2) is 67.1 Å². The fraction of sp³-hybridized carbons (Fsp3) is 0.586. The molecule has 3 nitrogen and oxygen atoms in total. The van der Waals surface area contributed by atoms with Crippen molar-refractivity contribution in [3.8, 4) is 0 Å². The number of amidine groups is 1. The van der Waals surface area contributed by atoms with Gasteiger partial charge in [0.05, 0.1) is 0 Å². The summed E-state index contributed by atoms with van der Waals surface area (Å²) in [5, 5.41) is -1.01. The Morgan fingerprint density at radius 3 is 1.38 bits per heavy atom. The van der Waals surface area contributed by atoms with E-state index in [2.05, 4.69) is 63.9 Å². The van der Waals surface area contributed by atoms with Crippen molar-refractivity contribution in [1.82, 2.24) is 9.55 Å². The van der Waals surface area contributed by atoms with Crippen LogP contribution in [-0.2, 0) is 0 Å². The molecule has 0 saturated heterocycles. The van der Waals surface area contributed by atoms with E-state index in [1.165, 1.54) is 0 Å². The second-order valence-corrected chi connectivity index (χ2v) is 69.5. The number of hydrogen-bond donors (Lipinski definition) is 0. The molecule has 0 fully saturated rings. The zero-order valence-corrected chi connectivity index (χ0v) is 33.1. The van der Waals surface area contributed by atoms with Gasteiger partial charge in [0.25, 0.3) is 0 Å². The molecule has 0 bridgehead atoms. The average Bonchev–Trinajstić information content (AvgIpc) is 2.72. The van der Waals surface area contributed by atoms with Crippen LogP contribution >= 0.6 is 0 Å². The van der Waals surface area contributed by atoms with Crippen molar-refractivity contribution in [2.24, 2.45) is 0 Å². The molecule has 0 amide bonds. The van der Waals surface area contributed by atoms with E-state index in [9.17, 15) is 0 Å². The van der Waals surface area contributed by atoms with Crippen molar-refractivity contribution >= 4 is 47.5 Å². The predicted octanol–water partition coefficient (Wildman–Crippen LogP) is 7.86. The van der Waals surface area contributed by atoms with Gasteiger partial charge < -0.3 is 0 Å². The van der Waals surface area contributed by atoms with E-state index in [1.807, 2.05) is 71.9 Å². The third-order valence-corrected chi connectivity index (χ3v) is 121. The zero-order valence-electron chi connectivity index (χ0n) is 28.1. The Kier molecular flexibility index (Phi) is 8.17. The van der Waals surface area contributed by atoms with Crippen molar-refractivity contribution in [2.45, 2.75) is 112 Å². The summed E-state index contributed by atoms with van der Waals surface area (Å²) in [7, 11) is -14.6. The van der Waals surface area contributed by atoms with Gasteiger partial charge >= 0.3 is 254 Å². The quantitative estimate of drug-likeness (QED) is 0.134. The summed E-state index contributed by atoms with van der Waals surface area (Å²) in [6.07, 6.45) is -3.67. The van der Waals surface area contributed by atoms with Gasteiger partial charge in [-0.05, 0) is 0 Å². The van der Waals surface area contributed by atoms with Crippen LogP contribution in [0.5, 0.6) is 0 Å². The van der Waals surface area contributed by atoms with Gasteiger partial charge in [-0.25, -0.2) is 0 Å². The van der Waals surface area contributed by atoms with Crippen LogP contribution < -0.4 is 5.19 Å². The fourth-order valence-corrected chi connectivity index (χ4v) is 172. The van der Waals surface area contributed by atoms with Gasteiger partial charge in [0.1, 0.15) is 0 Å². The van der Waals surface area contributed by atoms with Gasteiger partial charge in [-0.3, -0.25) is 0 Å². The first kappa shape index (κ1) is 35.1. The normalized spacial score (nSPS) is 19.3. The Balaban J connectivity index is 3.08. The zero-order chi connectivity index (χ0) is 32.9. The Hall–Kier alpha value is -1.43. The molecule has 2 aromatic rings. The average molecular weight is 676 g/mol. The molecule has 2 heterocycles. The predicted molar refractivity (Wildman–Crippen MR) is 179 cm³/mol. The molecule has 0 aliphatic carbocycles. The maximum absolute atomic E-state index is 21.3. The van der Waals surface area contributed by atoms with Crippen molar-refractivity contribution in [3.63, 3.8) is 0 Å². The van der Waals surface area contributed by atoms with Crippen LogP contribution in [0.3, 0.4) is 0 Å². The molecular formula is C29H50F5N3Si5. The van der Waals surface area contributed by atoms with Crippen LogP contribution in [0.25, 0.3) is 0 Å². The monoisotopic (exact) mass is 675 g/mol. The molecule has 0 radical (unpaired) electrons. The minimum absolute atomic E-state index is 0.523. The van der Waals surface area contributed by atoms with Crippen molar-refractivity contribution < 1.29 is 25.9 Å². The number of rotatable bonds is 6. The van der Waals surface area contributed by atoms with Crippen molar-refractivity contribution in [2.75, 3.05) is 0 Å². The summed E-state index contributed by atoms with van der Waals surface area (Å²) in [6, 6.07) is 9.31. The number of hydrogen-bond acceptors (Lipinski definition) is 2. The summed E-state index contributed by atoms with van der Waals surface area (Å²) < 4.78 is 88.9. The third kappa shape index (κ3) is 4.22. The molecule has 0 atom stereocenters. The number of nitrogens with zero attached hydrogens (tertiary/aromatic N) is 3. The molecule has 42 heavy (non-hydrogen) atoms. The van der Waals surface area contributed by atoms with Gasteiger partial charge in [0.2, 0.25) is 0 Å². The van der Waals surface area contributed by atoms with Gasteiger partial charge in [0, 0.05) is 0 Å². The first-order valence-corrected chi connectivity index (χ1v) is 33.4. The first-order chi connectivity index (χ1) is 18.5. The maximum atomic E-state index is 21.3. The molecule has 0 N–H and O–H groups in total. The summed E-state index contributed by atoms with van der Waals surface area (Å²) in [6.45, 7) is 30.4. The van der Waals surface area contributed by atoms with Crippen LogP contribution in [0.1, 0.15) is 47.1 Å². The Morgan fingerprint density at radius 1 is 0.690 bits per heavy atom. The number of halogens is 5. The SMILES string of the molecule is CC(C)(C)N1C(c2ccccc2)=[N+](C(C)(C)C)[Si-]1(F)(c1c(F)c(F)nc(F)c1F)[Si]([Si](C)(C)C)([Si](C)(C)C)[Si](C)(C)C. The van der Waals surface area contributed by atoms with Crippen LogP contribution in [0.2, 0.25) is 58.9 Å². The Labute approximate surface area is 253 Å². The molecule has 0 saturated carbocycles. The molecule has 1 aromatic carbocycles. The molecule has 3 rings (SSSR count). The molecular weight excluding hydrogens is 626 g/mol. The van der Waals surface area contributed by atoms with Crippen LogP contribution in [0.15, 0.2) is 30.3 Å². The summed E-state index contributed by atoms with van der Waals surface area (Å²) in [5.74, 6) is -6.44. The molecule has 1 aliphatic heterocycles. The van der Waals surface area contributed by atoms with Gasteiger partial charge in [0.15, 0.2) is 0 Å². The second-order valence-electron chi connectivity index (χ2n) is 16.9. The number of pyridine rings is 1. The topological polar surface area (TPSA) is 19.1 Å². The minimum atomic E-state index is -6.32. The Bertz CT molecular complexity index is 1370. The van der Waals surface area contributed by atoms with Gasteiger partial charge in [-0.2, -0.15) is 0 Å². The summed E-state index contributed by atoms with van der Waals surface area (Å²) in [4.78, 5) is 2.94. The van der Waals surface area contributed by atoms with Crippen molar-refractivity contribution in [3.05, 3.63) is 59.4 Å². The second kappa shape index (κ2) is 9.79. The van der Waals surface area contributed by atoms with E-state index >= 15 is 21.7 Å². The molecule has 0 unspecified atom stereocenters. The fourth-order valence-electron chi connectivity index (χ4n) is 10.2. The Morgan fingerprint density at radius 2 is 1.07 bits per heavy atom. The molecule has 13 heteroatoms. The standard InChI is InChI=1S/C29H50F5N3Si5/c1-28(2,3)36-27(21-19-17-16-18-20-21)37(29(4,5)6)42(36,34,24-22(30)25(32)35-26(33)23(24)31)41(38(7,8)9,39(10,11)12)40(13,14)15/h16-20H,1-15H3. The van der Waals surface area contributed by atoms with Crippen LogP contribution in [0, 0.1) is 23.5 Å². The summed E-state index contributed by atoms with van der Waals surface area (Å²) >= 11 is 0. The van der Waals surface area contributed by atoms with Crippen molar-refractivity contribution in [1.29, 1.82) is 0 Å². The van der Waals surface area contributed by atoms with E-state index in [4.69, 9.17) is 0 Å². The van der Waals surface area contributed by atoms with Crippen LogP contribution in [0.4, 0.5) is 21.7 Å². The molecule has 1 aromatic heterocycles. The molecule has 1 aliphatic rings. The van der Waals surface area contributed by atoms with Gasteiger partial charge in [-0.15, -0.1) is 0 Å². The van der Waals surface area contributed by atoms with E-state index in [1.54, 1.807) is 8.81 Å².